The summed E-state index contributed by atoms with van der Waals surface area (Å²) in [5.41, 5.74) is 3.04. The second-order valence-corrected chi connectivity index (χ2v) is 8.60. The van der Waals surface area contributed by atoms with Gasteiger partial charge in [-0.15, -0.1) is 5.10 Å². The van der Waals surface area contributed by atoms with Crippen LogP contribution in [0.25, 0.3) is 11.0 Å². The lowest BCUT2D eigenvalue weighted by molar-refractivity contribution is 0.448. The van der Waals surface area contributed by atoms with Gasteiger partial charge in [-0.05, 0) is 36.4 Å². The second kappa shape index (κ2) is 7.99. The molecular weight excluding hydrogens is 404 g/mol. The minimum atomic E-state index is -3.66. The van der Waals surface area contributed by atoms with E-state index in [2.05, 4.69) is 25.4 Å². The van der Waals surface area contributed by atoms with Crippen LogP contribution in [0.4, 0.5) is 22.9 Å². The van der Waals surface area contributed by atoms with Gasteiger partial charge in [-0.2, -0.15) is 5.10 Å². The van der Waals surface area contributed by atoms with Gasteiger partial charge >= 0.3 is 0 Å². The van der Waals surface area contributed by atoms with Crippen molar-refractivity contribution in [2.24, 2.45) is 0 Å². The summed E-state index contributed by atoms with van der Waals surface area (Å²) in [6, 6.07) is 15.9. The van der Waals surface area contributed by atoms with Gasteiger partial charge in [-0.25, -0.2) is 8.42 Å². The number of fused-ring (bicyclic) bond motifs is 1. The predicted molar refractivity (Wildman–Crippen MR) is 116 cm³/mol. The van der Waals surface area contributed by atoms with Crippen molar-refractivity contribution in [2.45, 2.75) is 5.75 Å². The maximum atomic E-state index is 12.6. The van der Waals surface area contributed by atoms with E-state index in [1.165, 1.54) is 0 Å². The van der Waals surface area contributed by atoms with Crippen LogP contribution < -0.4 is 14.9 Å². The van der Waals surface area contributed by atoms with Crippen molar-refractivity contribution in [3.05, 3.63) is 66.5 Å². The van der Waals surface area contributed by atoms with Crippen LogP contribution in [0.5, 0.6) is 0 Å². The van der Waals surface area contributed by atoms with Crippen LogP contribution in [0.1, 0.15) is 5.69 Å². The Morgan fingerprint density at radius 2 is 1.77 bits per heavy atom. The predicted octanol–water partition coefficient (Wildman–Crippen LogP) is 3.37. The Morgan fingerprint density at radius 1 is 1.03 bits per heavy atom. The first-order valence-electron chi connectivity index (χ1n) is 9.10. The van der Waals surface area contributed by atoms with E-state index in [4.69, 9.17) is 4.52 Å². The van der Waals surface area contributed by atoms with Crippen LogP contribution in [0, 0.1) is 0 Å². The summed E-state index contributed by atoms with van der Waals surface area (Å²) in [6.45, 7) is 0. The number of para-hydroxylation sites is 1. The van der Waals surface area contributed by atoms with E-state index < -0.39 is 10.0 Å². The molecule has 30 heavy (non-hydrogen) atoms. The molecule has 0 saturated carbocycles. The third-order valence-corrected chi connectivity index (χ3v) is 5.57. The van der Waals surface area contributed by atoms with Crippen LogP contribution in [-0.4, -0.2) is 37.9 Å². The maximum Gasteiger partial charge on any atom is 0.238 e. The van der Waals surface area contributed by atoms with Crippen LogP contribution in [0.15, 0.2) is 65.3 Å². The first-order chi connectivity index (χ1) is 14.4. The minimum absolute atomic E-state index is 0.281. The highest BCUT2D eigenvalue weighted by atomic mass is 32.2. The molecular formula is C20H20N6O3S. The molecule has 4 aromatic rings. The molecule has 10 heteroatoms. The molecule has 0 saturated heterocycles. The molecule has 0 aliphatic heterocycles. The summed E-state index contributed by atoms with van der Waals surface area (Å²) in [5, 5.41) is 15.7. The van der Waals surface area contributed by atoms with Gasteiger partial charge in [0.15, 0.2) is 11.4 Å². The SMILES string of the molecule is CN(C)c1cnnc(Nc2ccc(NS(=O)(=O)Cc3noc4ccccc34)cc2)c1. The molecule has 0 spiro atoms. The average Bonchev–Trinajstić information content (AvgIpc) is 3.12. The highest BCUT2D eigenvalue weighted by Gasteiger charge is 2.17. The smallest absolute Gasteiger partial charge is 0.238 e. The first-order valence-corrected chi connectivity index (χ1v) is 10.8. The van der Waals surface area contributed by atoms with E-state index in [0.29, 0.717) is 28.2 Å². The van der Waals surface area contributed by atoms with E-state index in [1.54, 1.807) is 42.6 Å². The Morgan fingerprint density at radius 3 is 2.53 bits per heavy atom. The van der Waals surface area contributed by atoms with Crippen molar-refractivity contribution in [2.75, 3.05) is 29.0 Å². The first kappa shape index (κ1) is 19.6. The third-order valence-electron chi connectivity index (χ3n) is 4.37. The molecule has 0 radical (unpaired) electrons. The van der Waals surface area contributed by atoms with E-state index in [-0.39, 0.29) is 5.75 Å². The van der Waals surface area contributed by atoms with Crippen molar-refractivity contribution < 1.29 is 12.9 Å². The molecule has 0 bridgehead atoms. The lowest BCUT2D eigenvalue weighted by Crippen LogP contribution is -2.15. The number of nitrogens with zero attached hydrogens (tertiary/aromatic N) is 4. The Labute approximate surface area is 173 Å². The van der Waals surface area contributed by atoms with Crippen molar-refractivity contribution in [3.8, 4) is 0 Å². The lowest BCUT2D eigenvalue weighted by Gasteiger charge is -2.13. The van der Waals surface area contributed by atoms with E-state index in [1.807, 2.05) is 37.2 Å². The summed E-state index contributed by atoms with van der Waals surface area (Å²) < 4.78 is 32.9. The highest BCUT2D eigenvalue weighted by molar-refractivity contribution is 7.91. The van der Waals surface area contributed by atoms with Gasteiger partial charge in [0.05, 0.1) is 11.9 Å². The second-order valence-electron chi connectivity index (χ2n) is 6.88. The normalized spacial score (nSPS) is 11.4. The summed E-state index contributed by atoms with van der Waals surface area (Å²) in [6.07, 6.45) is 1.67. The highest BCUT2D eigenvalue weighted by Crippen LogP contribution is 2.23. The number of aromatic nitrogens is 3. The minimum Gasteiger partial charge on any atom is -0.376 e. The number of hydrogen-bond acceptors (Lipinski definition) is 8. The Hall–Kier alpha value is -3.66. The van der Waals surface area contributed by atoms with Crippen LogP contribution in [0.3, 0.4) is 0 Å². The number of rotatable bonds is 7. The van der Waals surface area contributed by atoms with Crippen molar-refractivity contribution >= 4 is 43.9 Å². The van der Waals surface area contributed by atoms with Gasteiger partial charge in [0, 0.05) is 36.9 Å². The molecule has 0 aliphatic rings. The maximum absolute atomic E-state index is 12.6. The lowest BCUT2D eigenvalue weighted by atomic mass is 10.2. The molecule has 0 unspecified atom stereocenters. The van der Waals surface area contributed by atoms with Gasteiger partial charge < -0.3 is 14.7 Å². The molecule has 0 amide bonds. The summed E-state index contributed by atoms with van der Waals surface area (Å²) >= 11 is 0. The van der Waals surface area contributed by atoms with E-state index in [9.17, 15) is 8.42 Å². The Balaban J connectivity index is 1.44. The number of anilines is 4. The fourth-order valence-electron chi connectivity index (χ4n) is 2.87. The fraction of sp³-hybridized carbons (Fsp3) is 0.150. The molecule has 2 aromatic carbocycles. The summed E-state index contributed by atoms with van der Waals surface area (Å²) in [5.74, 6) is 0.309. The van der Waals surface area contributed by atoms with Crippen molar-refractivity contribution in [1.82, 2.24) is 15.4 Å². The monoisotopic (exact) mass is 424 g/mol. The third kappa shape index (κ3) is 4.49. The molecule has 2 N–H and O–H groups in total. The van der Waals surface area contributed by atoms with E-state index >= 15 is 0 Å². The molecule has 2 heterocycles. The van der Waals surface area contributed by atoms with Crippen molar-refractivity contribution in [1.29, 1.82) is 0 Å². The van der Waals surface area contributed by atoms with Gasteiger partial charge in [-0.3, -0.25) is 4.72 Å². The van der Waals surface area contributed by atoms with Gasteiger partial charge in [0.25, 0.3) is 0 Å². The van der Waals surface area contributed by atoms with Crippen LogP contribution in [-0.2, 0) is 15.8 Å². The number of sulfonamides is 1. The summed E-state index contributed by atoms with van der Waals surface area (Å²) in [4.78, 5) is 1.93. The number of benzene rings is 2. The number of hydrogen-bond donors (Lipinski definition) is 2. The molecule has 154 valence electrons. The van der Waals surface area contributed by atoms with Crippen LogP contribution >= 0.6 is 0 Å². The fourth-order valence-corrected chi connectivity index (χ4v) is 4.00. The zero-order valence-electron chi connectivity index (χ0n) is 16.4. The zero-order valence-corrected chi connectivity index (χ0v) is 17.2. The Bertz CT molecular complexity index is 1270. The van der Waals surface area contributed by atoms with Gasteiger partial charge in [0.2, 0.25) is 10.0 Å². The van der Waals surface area contributed by atoms with Gasteiger partial charge in [0.1, 0.15) is 11.4 Å². The average molecular weight is 424 g/mol. The van der Waals surface area contributed by atoms with Gasteiger partial charge in [-0.1, -0.05) is 17.3 Å². The quantitative estimate of drug-likeness (QED) is 0.464. The molecule has 0 aliphatic carbocycles. The molecule has 0 atom stereocenters. The van der Waals surface area contributed by atoms with Crippen molar-refractivity contribution in [3.63, 3.8) is 0 Å². The molecule has 0 fully saturated rings. The topological polar surface area (TPSA) is 113 Å². The zero-order chi connectivity index (χ0) is 21.1. The molecule has 9 nitrogen and oxygen atoms in total. The standard InChI is InChI=1S/C20H20N6O3S/c1-26(2)16-11-20(23-21-12-16)22-14-7-9-15(10-8-14)25-30(27,28)13-18-17-5-3-4-6-19(17)29-24-18/h3-12,25H,13H2,1-2H3,(H,22,23). The Kier molecular flexibility index (Phi) is 5.23. The number of nitrogens with one attached hydrogen (secondary N) is 2. The molecule has 2 aromatic heterocycles. The summed E-state index contributed by atoms with van der Waals surface area (Å²) in [7, 11) is 0.184. The van der Waals surface area contributed by atoms with Crippen LogP contribution in [0.2, 0.25) is 0 Å². The largest absolute Gasteiger partial charge is 0.376 e. The van der Waals surface area contributed by atoms with E-state index in [0.717, 1.165) is 11.4 Å². The molecule has 4 rings (SSSR count).